The predicted molar refractivity (Wildman–Crippen MR) is 131 cm³/mol. The molecule has 8 nitrogen and oxygen atoms in total. The van der Waals surface area contributed by atoms with Crippen molar-refractivity contribution in [2.45, 2.75) is 74.9 Å². The summed E-state index contributed by atoms with van der Waals surface area (Å²) < 4.78 is 41.7. The fourth-order valence-corrected chi connectivity index (χ4v) is 7.68. The van der Waals surface area contributed by atoms with Gasteiger partial charge in [0.05, 0.1) is 34.3 Å². The van der Waals surface area contributed by atoms with Crippen molar-refractivity contribution in [1.82, 2.24) is 19.0 Å². The third-order valence-electron chi connectivity index (χ3n) is 6.88. The van der Waals surface area contributed by atoms with Crippen LogP contribution in [0, 0.1) is 19.8 Å². The third-order valence-corrected chi connectivity index (χ3v) is 9.74. The minimum Gasteiger partial charge on any atom is -0.376 e. The first-order valence-corrected chi connectivity index (χ1v) is 14.4. The molecule has 2 fully saturated rings. The Bertz CT molecular complexity index is 1260. The number of imidazole rings is 1. The lowest BCUT2D eigenvalue weighted by atomic mass is 10.0. The highest BCUT2D eigenvalue weighted by molar-refractivity contribution is 7.98. The van der Waals surface area contributed by atoms with Gasteiger partial charge in [-0.2, -0.15) is 4.31 Å². The maximum absolute atomic E-state index is 13.4. The van der Waals surface area contributed by atoms with Crippen LogP contribution in [0.3, 0.4) is 0 Å². The average molecular weight is 505 g/mol. The Morgan fingerprint density at radius 2 is 2.06 bits per heavy atom. The van der Waals surface area contributed by atoms with E-state index in [0.717, 1.165) is 60.0 Å². The minimum absolute atomic E-state index is 0.147. The van der Waals surface area contributed by atoms with Crippen LogP contribution in [0.15, 0.2) is 32.8 Å². The molecule has 2 atom stereocenters. The Balaban J connectivity index is 1.48. The molecule has 0 spiro atoms. The molecule has 0 aliphatic carbocycles. The van der Waals surface area contributed by atoms with E-state index in [9.17, 15) is 8.42 Å². The molecule has 2 aliphatic rings. The predicted octanol–water partition coefficient (Wildman–Crippen LogP) is 4.53. The number of hydrogen-bond donors (Lipinski definition) is 0. The summed E-state index contributed by atoms with van der Waals surface area (Å²) in [4.78, 5) is 5.20. The van der Waals surface area contributed by atoms with E-state index in [1.807, 2.05) is 19.9 Å². The van der Waals surface area contributed by atoms with Crippen LogP contribution < -0.4 is 0 Å². The number of hydrogen-bond acceptors (Lipinski definition) is 7. The Morgan fingerprint density at radius 3 is 2.76 bits per heavy atom. The topological polar surface area (TPSA) is 90.5 Å². The van der Waals surface area contributed by atoms with Crippen molar-refractivity contribution in [3.05, 3.63) is 35.2 Å². The maximum atomic E-state index is 13.4. The van der Waals surface area contributed by atoms with E-state index in [-0.39, 0.29) is 6.10 Å². The van der Waals surface area contributed by atoms with Crippen molar-refractivity contribution in [2.24, 2.45) is 5.92 Å². The highest BCUT2D eigenvalue weighted by Gasteiger charge is 2.29. The summed E-state index contributed by atoms with van der Waals surface area (Å²) in [6.07, 6.45) is 4.21. The number of fused-ring (bicyclic) bond motifs is 1. The van der Waals surface area contributed by atoms with Crippen LogP contribution in [0.5, 0.6) is 0 Å². The molecule has 0 N–H and O–H groups in total. The van der Waals surface area contributed by atoms with Gasteiger partial charge < -0.3 is 13.8 Å². The number of benzene rings is 1. The molecule has 2 aromatic heterocycles. The first kappa shape index (κ1) is 23.8. The van der Waals surface area contributed by atoms with Gasteiger partial charge in [0.15, 0.2) is 5.16 Å². The molecule has 0 radical (unpaired) electrons. The summed E-state index contributed by atoms with van der Waals surface area (Å²) in [6.45, 7) is 8.62. The molecule has 34 heavy (non-hydrogen) atoms. The van der Waals surface area contributed by atoms with Crippen LogP contribution in [-0.4, -0.2) is 53.2 Å². The number of aromatic nitrogens is 3. The summed E-state index contributed by atoms with van der Waals surface area (Å²) in [6, 6.07) is 5.36. The van der Waals surface area contributed by atoms with Crippen molar-refractivity contribution in [1.29, 1.82) is 0 Å². The Kier molecular flexibility index (Phi) is 6.76. The highest BCUT2D eigenvalue weighted by Crippen LogP contribution is 2.32. The SMILES string of the molecule is Cc1noc(C)c1CSc1nc2cc(S(=O)(=O)N3CCC[C@@H](C)C3)ccc2n1C[C@@H]1CCCO1. The number of rotatable bonds is 7. The lowest BCUT2D eigenvalue weighted by Gasteiger charge is -2.30. The van der Waals surface area contributed by atoms with Gasteiger partial charge in [0.2, 0.25) is 10.0 Å². The summed E-state index contributed by atoms with van der Waals surface area (Å²) in [5, 5.41) is 4.91. The van der Waals surface area contributed by atoms with Crippen LogP contribution in [-0.2, 0) is 27.1 Å². The van der Waals surface area contributed by atoms with Crippen LogP contribution >= 0.6 is 11.8 Å². The Labute approximate surface area is 205 Å². The van der Waals surface area contributed by atoms with E-state index < -0.39 is 10.0 Å². The van der Waals surface area contributed by atoms with Gasteiger partial charge in [0, 0.05) is 31.0 Å². The number of aryl methyl sites for hydroxylation is 2. The number of nitrogens with zero attached hydrogens (tertiary/aromatic N) is 4. The summed E-state index contributed by atoms with van der Waals surface area (Å²) in [5.41, 5.74) is 3.59. The number of thioether (sulfide) groups is 1. The van der Waals surface area contributed by atoms with Gasteiger partial charge in [-0.25, -0.2) is 13.4 Å². The molecule has 1 aromatic carbocycles. The quantitative estimate of drug-likeness (QED) is 0.437. The maximum Gasteiger partial charge on any atom is 0.243 e. The largest absolute Gasteiger partial charge is 0.376 e. The van der Waals surface area contributed by atoms with Crippen molar-refractivity contribution < 1.29 is 17.7 Å². The second kappa shape index (κ2) is 9.64. The molecule has 4 heterocycles. The number of piperidine rings is 1. The smallest absolute Gasteiger partial charge is 0.243 e. The van der Waals surface area contributed by atoms with E-state index in [1.165, 1.54) is 0 Å². The molecule has 10 heteroatoms. The fraction of sp³-hybridized carbons (Fsp3) is 0.583. The van der Waals surface area contributed by atoms with Gasteiger partial charge in [0.25, 0.3) is 0 Å². The zero-order valence-electron chi connectivity index (χ0n) is 20.0. The van der Waals surface area contributed by atoms with Gasteiger partial charge in [-0.1, -0.05) is 23.8 Å². The average Bonchev–Trinajstić information content (AvgIpc) is 3.53. The van der Waals surface area contributed by atoms with E-state index in [4.69, 9.17) is 14.2 Å². The molecule has 184 valence electrons. The fourth-order valence-electron chi connectivity index (χ4n) is 4.88. The summed E-state index contributed by atoms with van der Waals surface area (Å²) in [5.74, 6) is 1.88. The Morgan fingerprint density at radius 1 is 1.21 bits per heavy atom. The monoisotopic (exact) mass is 504 g/mol. The van der Waals surface area contributed by atoms with Gasteiger partial charge in [0.1, 0.15) is 5.76 Å². The molecular weight excluding hydrogens is 472 g/mol. The Hall–Kier alpha value is -1.88. The van der Waals surface area contributed by atoms with Gasteiger partial charge in [-0.05, 0) is 63.6 Å². The molecule has 2 saturated heterocycles. The number of sulfonamides is 1. The minimum atomic E-state index is -3.54. The third kappa shape index (κ3) is 4.65. The van der Waals surface area contributed by atoms with Crippen molar-refractivity contribution in [2.75, 3.05) is 19.7 Å². The van der Waals surface area contributed by atoms with E-state index in [2.05, 4.69) is 16.6 Å². The standard InChI is InChI=1S/C24H32N4O4S2/c1-16-6-4-10-27(13-16)34(29,30)20-8-9-23-22(12-20)25-24(28(23)14-19-7-5-11-31-19)33-15-21-17(2)26-32-18(21)3/h8-9,12,16,19H,4-7,10-11,13-15H2,1-3H3/t16-,19+/m1/s1. The van der Waals surface area contributed by atoms with Crippen LogP contribution in [0.1, 0.15) is 49.6 Å². The van der Waals surface area contributed by atoms with Crippen LogP contribution in [0.2, 0.25) is 0 Å². The summed E-state index contributed by atoms with van der Waals surface area (Å²) >= 11 is 1.62. The van der Waals surface area contributed by atoms with E-state index >= 15 is 0 Å². The molecule has 0 bridgehead atoms. The van der Waals surface area contributed by atoms with Crippen molar-refractivity contribution >= 4 is 32.8 Å². The normalized spacial score (nSPS) is 22.1. The summed E-state index contributed by atoms with van der Waals surface area (Å²) in [7, 11) is -3.54. The van der Waals surface area contributed by atoms with Gasteiger partial charge >= 0.3 is 0 Å². The van der Waals surface area contributed by atoms with Gasteiger partial charge in [-0.3, -0.25) is 0 Å². The molecule has 2 aliphatic heterocycles. The molecule has 5 rings (SSSR count). The lowest BCUT2D eigenvalue weighted by Crippen LogP contribution is -2.39. The van der Waals surface area contributed by atoms with Gasteiger partial charge in [-0.15, -0.1) is 0 Å². The molecular formula is C24H32N4O4S2. The zero-order valence-corrected chi connectivity index (χ0v) is 21.6. The van der Waals surface area contributed by atoms with Crippen LogP contribution in [0.25, 0.3) is 11.0 Å². The van der Waals surface area contributed by atoms with Crippen molar-refractivity contribution in [3.8, 4) is 0 Å². The molecule has 0 saturated carbocycles. The highest BCUT2D eigenvalue weighted by atomic mass is 32.2. The zero-order chi connectivity index (χ0) is 23.9. The lowest BCUT2D eigenvalue weighted by molar-refractivity contribution is 0.0960. The number of ether oxygens (including phenoxy) is 1. The molecule has 3 aromatic rings. The molecule has 0 unspecified atom stereocenters. The van der Waals surface area contributed by atoms with Crippen molar-refractivity contribution in [3.63, 3.8) is 0 Å². The first-order valence-electron chi connectivity index (χ1n) is 12.0. The van der Waals surface area contributed by atoms with E-state index in [0.29, 0.717) is 41.7 Å². The molecule has 0 amide bonds. The second-order valence-corrected chi connectivity index (χ2v) is 12.4. The van der Waals surface area contributed by atoms with E-state index in [1.54, 1.807) is 28.2 Å². The first-order chi connectivity index (χ1) is 16.3. The van der Waals surface area contributed by atoms with Crippen LogP contribution in [0.4, 0.5) is 0 Å². The second-order valence-electron chi connectivity index (χ2n) is 9.49.